The fourth-order valence-corrected chi connectivity index (χ4v) is 3.00. The molecule has 1 amide bonds. The number of aromatic nitrogens is 4. The van der Waals surface area contributed by atoms with Gasteiger partial charge in [-0.05, 0) is 6.92 Å². The number of alkyl halides is 3. The topological polar surface area (TPSA) is 83.6 Å². The van der Waals surface area contributed by atoms with Gasteiger partial charge >= 0.3 is 6.18 Å². The number of aromatic amines is 1. The minimum absolute atomic E-state index is 0.156. The predicted molar refractivity (Wildman–Crippen MR) is 77.6 cm³/mol. The third kappa shape index (κ3) is 4.98. The van der Waals surface area contributed by atoms with Crippen molar-refractivity contribution in [3.8, 4) is 0 Å². The van der Waals surface area contributed by atoms with Crippen LogP contribution < -0.4 is 5.32 Å². The molecule has 0 fully saturated rings. The quantitative estimate of drug-likeness (QED) is 0.782. The molecule has 2 aromatic heterocycles. The van der Waals surface area contributed by atoms with Crippen molar-refractivity contribution in [3.63, 3.8) is 0 Å². The van der Waals surface area contributed by atoms with Crippen molar-refractivity contribution in [1.82, 2.24) is 20.2 Å². The van der Waals surface area contributed by atoms with E-state index < -0.39 is 17.9 Å². The number of thiazole rings is 1. The number of H-pyrrole nitrogens is 1. The number of anilines is 1. The minimum Gasteiger partial charge on any atom is -0.293 e. The van der Waals surface area contributed by atoms with Crippen molar-refractivity contribution >= 4 is 35.0 Å². The number of carbonyl (C=O) groups excluding carboxylic acids is 1. The van der Waals surface area contributed by atoms with Gasteiger partial charge in [0.2, 0.25) is 17.7 Å². The van der Waals surface area contributed by atoms with E-state index in [0.29, 0.717) is 11.5 Å². The number of carbonyl (C=O) groups is 1. The number of amides is 1. The van der Waals surface area contributed by atoms with Gasteiger partial charge in [0.05, 0.1) is 10.7 Å². The summed E-state index contributed by atoms with van der Waals surface area (Å²) in [7, 11) is 0. The van der Waals surface area contributed by atoms with Crippen LogP contribution >= 0.6 is 23.1 Å². The standard InChI is InChI=1S/C11H12F3N5OS2/c1-6-15-7(5-22-6)4-21-3-2-8(20)16-10-17-9(18-19-10)11(12,13)14/h5H,2-4H2,1H3,(H2,16,17,18,19,20). The van der Waals surface area contributed by atoms with E-state index in [-0.39, 0.29) is 12.4 Å². The molecule has 2 N–H and O–H groups in total. The molecule has 0 aromatic carbocycles. The van der Waals surface area contributed by atoms with Crippen LogP contribution in [0.25, 0.3) is 0 Å². The maximum absolute atomic E-state index is 12.3. The average Bonchev–Trinajstić information content (AvgIpc) is 3.03. The Hall–Kier alpha value is -1.62. The van der Waals surface area contributed by atoms with E-state index in [9.17, 15) is 18.0 Å². The van der Waals surface area contributed by atoms with Gasteiger partial charge in [0.15, 0.2) is 0 Å². The van der Waals surface area contributed by atoms with Crippen molar-refractivity contribution in [1.29, 1.82) is 0 Å². The Morgan fingerprint density at radius 2 is 2.23 bits per heavy atom. The van der Waals surface area contributed by atoms with Gasteiger partial charge in [-0.15, -0.1) is 16.4 Å². The number of nitrogens with one attached hydrogen (secondary N) is 2. The van der Waals surface area contributed by atoms with Gasteiger partial charge in [-0.2, -0.15) is 29.9 Å². The predicted octanol–water partition coefficient (Wildman–Crippen LogP) is 2.85. The van der Waals surface area contributed by atoms with Crippen LogP contribution in [0.15, 0.2) is 5.38 Å². The molecule has 0 aliphatic rings. The first kappa shape index (κ1) is 16.7. The lowest BCUT2D eigenvalue weighted by Crippen LogP contribution is -2.14. The molecule has 6 nitrogen and oxygen atoms in total. The highest BCUT2D eigenvalue weighted by Gasteiger charge is 2.35. The molecule has 0 bridgehead atoms. The molecule has 0 saturated carbocycles. The van der Waals surface area contributed by atoms with Crippen LogP contribution in [0.1, 0.15) is 22.9 Å². The lowest BCUT2D eigenvalue weighted by atomic mass is 10.4. The fourth-order valence-electron chi connectivity index (χ4n) is 1.45. The highest BCUT2D eigenvalue weighted by molar-refractivity contribution is 7.98. The highest BCUT2D eigenvalue weighted by Crippen LogP contribution is 2.26. The molecule has 0 saturated heterocycles. The van der Waals surface area contributed by atoms with Crippen LogP contribution in [0, 0.1) is 6.92 Å². The summed E-state index contributed by atoms with van der Waals surface area (Å²) in [6.45, 7) is 1.92. The maximum atomic E-state index is 12.3. The smallest absolute Gasteiger partial charge is 0.293 e. The van der Waals surface area contributed by atoms with Crippen molar-refractivity contribution in [2.24, 2.45) is 0 Å². The zero-order chi connectivity index (χ0) is 16.2. The summed E-state index contributed by atoms with van der Waals surface area (Å²) >= 11 is 3.08. The third-order valence-electron chi connectivity index (χ3n) is 2.40. The highest BCUT2D eigenvalue weighted by atomic mass is 32.2. The summed E-state index contributed by atoms with van der Waals surface area (Å²) in [6, 6.07) is 0. The van der Waals surface area contributed by atoms with E-state index in [4.69, 9.17) is 0 Å². The van der Waals surface area contributed by atoms with E-state index in [1.54, 1.807) is 16.4 Å². The minimum atomic E-state index is -4.61. The molecule has 0 aliphatic heterocycles. The molecule has 0 spiro atoms. The van der Waals surface area contributed by atoms with Gasteiger partial charge in [0, 0.05) is 23.3 Å². The lowest BCUT2D eigenvalue weighted by molar-refractivity contribution is -0.144. The summed E-state index contributed by atoms with van der Waals surface area (Å²) in [5.41, 5.74) is 0.955. The molecule has 0 unspecified atom stereocenters. The number of halogens is 3. The number of rotatable bonds is 6. The maximum Gasteiger partial charge on any atom is 0.451 e. The third-order valence-corrected chi connectivity index (χ3v) is 4.21. The molecule has 120 valence electrons. The number of hydrogen-bond donors (Lipinski definition) is 2. The summed E-state index contributed by atoms with van der Waals surface area (Å²) in [5, 5.41) is 10.2. The van der Waals surface area contributed by atoms with Crippen LogP contribution in [0.3, 0.4) is 0 Å². The number of nitrogens with zero attached hydrogens (tertiary/aromatic N) is 3. The van der Waals surface area contributed by atoms with Crippen LogP contribution in [-0.4, -0.2) is 31.8 Å². The second-order valence-electron chi connectivity index (χ2n) is 4.21. The summed E-state index contributed by atoms with van der Waals surface area (Å²) in [5.74, 6) is -0.835. The van der Waals surface area contributed by atoms with Crippen LogP contribution in [0.5, 0.6) is 0 Å². The molecule has 0 aliphatic carbocycles. The zero-order valence-electron chi connectivity index (χ0n) is 11.4. The molecule has 0 radical (unpaired) electrons. The second-order valence-corrected chi connectivity index (χ2v) is 6.38. The Labute approximate surface area is 131 Å². The van der Waals surface area contributed by atoms with E-state index >= 15 is 0 Å². The Balaban J connectivity index is 1.70. The molecule has 2 rings (SSSR count). The van der Waals surface area contributed by atoms with E-state index in [0.717, 1.165) is 10.7 Å². The Morgan fingerprint density at radius 1 is 1.45 bits per heavy atom. The average molecular weight is 351 g/mol. The number of hydrogen-bond acceptors (Lipinski definition) is 6. The molecule has 2 heterocycles. The van der Waals surface area contributed by atoms with Crippen molar-refractivity contribution < 1.29 is 18.0 Å². The molecule has 2 aromatic rings. The summed E-state index contributed by atoms with van der Waals surface area (Å²) in [4.78, 5) is 19.0. The lowest BCUT2D eigenvalue weighted by Gasteiger charge is -2.01. The Bertz CT molecular complexity index is 640. The zero-order valence-corrected chi connectivity index (χ0v) is 13.0. The van der Waals surface area contributed by atoms with Crippen molar-refractivity contribution in [3.05, 3.63) is 21.9 Å². The van der Waals surface area contributed by atoms with Gasteiger partial charge in [0.25, 0.3) is 0 Å². The number of aryl methyl sites for hydroxylation is 1. The van der Waals surface area contributed by atoms with Crippen LogP contribution in [-0.2, 0) is 16.7 Å². The largest absolute Gasteiger partial charge is 0.451 e. The van der Waals surface area contributed by atoms with Gasteiger partial charge in [0.1, 0.15) is 0 Å². The van der Waals surface area contributed by atoms with Crippen LogP contribution in [0.2, 0.25) is 0 Å². The van der Waals surface area contributed by atoms with Gasteiger partial charge < -0.3 is 0 Å². The van der Waals surface area contributed by atoms with Gasteiger partial charge in [-0.1, -0.05) is 0 Å². The van der Waals surface area contributed by atoms with Gasteiger partial charge in [-0.25, -0.2) is 4.98 Å². The SMILES string of the molecule is Cc1nc(CSCCC(=O)Nc2n[nH]c(C(F)(F)F)n2)cs1. The second kappa shape index (κ2) is 7.09. The monoisotopic (exact) mass is 351 g/mol. The molecular formula is C11H12F3N5OS2. The first-order chi connectivity index (χ1) is 10.3. The van der Waals surface area contributed by atoms with Crippen molar-refractivity contribution in [2.45, 2.75) is 25.3 Å². The first-order valence-corrected chi connectivity index (χ1v) is 8.16. The summed E-state index contributed by atoms with van der Waals surface area (Å²) < 4.78 is 36.9. The van der Waals surface area contributed by atoms with Crippen LogP contribution in [0.4, 0.5) is 19.1 Å². The van der Waals surface area contributed by atoms with E-state index in [2.05, 4.69) is 20.4 Å². The molecule has 22 heavy (non-hydrogen) atoms. The molecule has 0 atom stereocenters. The van der Waals surface area contributed by atoms with Crippen molar-refractivity contribution in [2.75, 3.05) is 11.1 Å². The Kier molecular flexibility index (Phi) is 5.40. The summed E-state index contributed by atoms with van der Waals surface area (Å²) in [6.07, 6.45) is -4.46. The van der Waals surface area contributed by atoms with E-state index in [1.807, 2.05) is 12.3 Å². The fraction of sp³-hybridized carbons (Fsp3) is 0.455. The Morgan fingerprint density at radius 3 is 2.82 bits per heavy atom. The molecule has 11 heteroatoms. The van der Waals surface area contributed by atoms with Gasteiger partial charge in [-0.3, -0.25) is 15.2 Å². The normalized spacial score (nSPS) is 11.6. The number of thioether (sulfide) groups is 1. The first-order valence-electron chi connectivity index (χ1n) is 6.13. The molecular weight excluding hydrogens is 339 g/mol. The van der Waals surface area contributed by atoms with E-state index in [1.165, 1.54) is 11.8 Å².